The number of allylic oxidation sites excluding steroid dienone is 2. The van der Waals surface area contributed by atoms with Gasteiger partial charge in [-0.1, -0.05) is 31.2 Å². The molecule has 2 aliphatic heterocycles. The minimum atomic E-state index is -3.28. The second kappa shape index (κ2) is 8.95. The van der Waals surface area contributed by atoms with Gasteiger partial charge < -0.3 is 15.4 Å². The molecule has 1 aromatic carbocycles. The third kappa shape index (κ3) is 4.32. The molecule has 5 rings (SSSR count). The lowest BCUT2D eigenvalue weighted by atomic mass is 9.80. The van der Waals surface area contributed by atoms with Gasteiger partial charge in [-0.2, -0.15) is 0 Å². The van der Waals surface area contributed by atoms with E-state index in [0.717, 1.165) is 59.8 Å². The van der Waals surface area contributed by atoms with Crippen LogP contribution >= 0.6 is 0 Å². The number of nitrogens with one attached hydrogen (secondary N) is 2. The number of fused-ring (bicyclic) bond motifs is 3. The van der Waals surface area contributed by atoms with Crippen LogP contribution in [0.1, 0.15) is 42.4 Å². The predicted octanol–water partition coefficient (Wildman–Crippen LogP) is 4.06. The monoisotopic (exact) mass is 465 g/mol. The molecule has 1 aliphatic carbocycles. The van der Waals surface area contributed by atoms with Gasteiger partial charge in [0.05, 0.1) is 23.3 Å². The zero-order valence-electron chi connectivity index (χ0n) is 19.2. The van der Waals surface area contributed by atoms with Crippen molar-refractivity contribution in [3.05, 3.63) is 71.1 Å². The highest BCUT2D eigenvalue weighted by atomic mass is 32.2. The highest BCUT2D eigenvalue weighted by molar-refractivity contribution is 7.91. The number of ether oxygens (including phenoxy) is 1. The molecule has 1 aromatic heterocycles. The average molecular weight is 466 g/mol. The molecular weight excluding hydrogens is 434 g/mol. The fourth-order valence-electron chi connectivity index (χ4n) is 5.03. The van der Waals surface area contributed by atoms with Gasteiger partial charge in [0, 0.05) is 17.7 Å². The van der Waals surface area contributed by atoms with Gasteiger partial charge in [-0.15, -0.1) is 0 Å². The molecule has 2 N–H and O–H groups in total. The van der Waals surface area contributed by atoms with Gasteiger partial charge in [0.15, 0.2) is 9.84 Å². The number of benzene rings is 1. The van der Waals surface area contributed by atoms with Gasteiger partial charge in [-0.05, 0) is 73.7 Å². The highest BCUT2D eigenvalue weighted by Crippen LogP contribution is 2.48. The van der Waals surface area contributed by atoms with Crippen LogP contribution in [0.3, 0.4) is 0 Å². The van der Waals surface area contributed by atoms with Gasteiger partial charge >= 0.3 is 0 Å². The molecular formula is C26H31N3O3S. The number of nitrogens with zero attached hydrogens (tertiary/aromatic N) is 1. The van der Waals surface area contributed by atoms with E-state index in [1.807, 2.05) is 31.3 Å². The maximum atomic E-state index is 12.5. The molecule has 1 fully saturated rings. The van der Waals surface area contributed by atoms with Gasteiger partial charge in [0.2, 0.25) is 0 Å². The molecule has 1 saturated heterocycles. The normalized spacial score (nSPS) is 22.6. The van der Waals surface area contributed by atoms with Crippen LogP contribution in [0, 0.1) is 12.8 Å². The van der Waals surface area contributed by atoms with Crippen LogP contribution < -0.4 is 10.6 Å². The molecule has 174 valence electrons. The standard InChI is InChI=1S/C26H31N3O3S/c1-3-33(30,31)20-6-4-5-19(14-20)21-7-8-23(32-16-18-9-11-27-12-10-18)25-24(21)22-13-17(2)15-28-26(22)29-25/h4-8,13-15,18,24-25,27H,3,9-12,16H2,1-2H3,(H,28,29). The van der Waals surface area contributed by atoms with Crippen molar-refractivity contribution in [2.75, 3.05) is 30.8 Å². The van der Waals surface area contributed by atoms with E-state index in [9.17, 15) is 8.42 Å². The van der Waals surface area contributed by atoms with Crippen molar-refractivity contribution in [3.8, 4) is 0 Å². The Labute approximate surface area is 196 Å². The third-order valence-electron chi connectivity index (χ3n) is 6.93. The van der Waals surface area contributed by atoms with Crippen molar-refractivity contribution in [2.24, 2.45) is 5.92 Å². The minimum Gasteiger partial charge on any atom is -0.495 e. The van der Waals surface area contributed by atoms with Crippen LogP contribution in [-0.4, -0.2) is 44.9 Å². The summed E-state index contributed by atoms with van der Waals surface area (Å²) in [5.41, 5.74) is 4.24. The zero-order chi connectivity index (χ0) is 23.0. The first-order chi connectivity index (χ1) is 16.0. The molecule has 33 heavy (non-hydrogen) atoms. The van der Waals surface area contributed by atoms with E-state index in [1.165, 1.54) is 0 Å². The number of pyridine rings is 1. The second-order valence-corrected chi connectivity index (χ2v) is 11.5. The van der Waals surface area contributed by atoms with Crippen LogP contribution in [-0.2, 0) is 14.6 Å². The van der Waals surface area contributed by atoms with Crippen molar-refractivity contribution in [1.82, 2.24) is 10.3 Å². The van der Waals surface area contributed by atoms with Crippen molar-refractivity contribution >= 4 is 21.2 Å². The summed E-state index contributed by atoms with van der Waals surface area (Å²) in [6, 6.07) is 9.43. The van der Waals surface area contributed by atoms with E-state index < -0.39 is 9.84 Å². The van der Waals surface area contributed by atoms with Crippen LogP contribution in [0.25, 0.3) is 5.57 Å². The van der Waals surface area contributed by atoms with Crippen LogP contribution in [0.15, 0.2) is 59.3 Å². The minimum absolute atomic E-state index is 0.0139. The van der Waals surface area contributed by atoms with E-state index in [0.29, 0.717) is 17.4 Å². The van der Waals surface area contributed by atoms with Crippen molar-refractivity contribution in [2.45, 2.75) is 43.5 Å². The lowest BCUT2D eigenvalue weighted by Gasteiger charge is -2.31. The first-order valence-electron chi connectivity index (χ1n) is 11.8. The largest absolute Gasteiger partial charge is 0.495 e. The average Bonchev–Trinajstić information content (AvgIpc) is 3.22. The first-order valence-corrected chi connectivity index (χ1v) is 13.4. The van der Waals surface area contributed by atoms with E-state index in [-0.39, 0.29) is 17.7 Å². The molecule has 0 spiro atoms. The summed E-state index contributed by atoms with van der Waals surface area (Å²) in [4.78, 5) is 5.01. The Morgan fingerprint density at radius 1 is 1.15 bits per heavy atom. The van der Waals surface area contributed by atoms with E-state index in [2.05, 4.69) is 27.8 Å². The Bertz CT molecular complexity index is 1210. The summed E-state index contributed by atoms with van der Waals surface area (Å²) in [5.74, 6) is 2.47. The second-order valence-electron chi connectivity index (χ2n) is 9.18. The number of sulfone groups is 1. The molecule has 3 aliphatic rings. The third-order valence-corrected chi connectivity index (χ3v) is 8.67. The molecule has 0 bridgehead atoms. The highest BCUT2D eigenvalue weighted by Gasteiger charge is 2.41. The lowest BCUT2D eigenvalue weighted by molar-refractivity contribution is 0.135. The van der Waals surface area contributed by atoms with Crippen LogP contribution in [0.5, 0.6) is 0 Å². The summed E-state index contributed by atoms with van der Waals surface area (Å²) in [5, 5.41) is 6.99. The zero-order valence-corrected chi connectivity index (χ0v) is 20.0. The maximum Gasteiger partial charge on any atom is 0.178 e. The fraction of sp³-hybridized carbons (Fsp3) is 0.423. The Hall–Kier alpha value is -2.64. The quantitative estimate of drug-likeness (QED) is 0.670. The summed E-state index contributed by atoms with van der Waals surface area (Å²) >= 11 is 0. The SMILES string of the molecule is CCS(=O)(=O)c1cccc(C2=CC=C(OCC3CCNCC3)C3Nc4ncc(C)cc4C23)c1. The predicted molar refractivity (Wildman–Crippen MR) is 131 cm³/mol. The smallest absolute Gasteiger partial charge is 0.178 e. The topological polar surface area (TPSA) is 80.3 Å². The van der Waals surface area contributed by atoms with Crippen molar-refractivity contribution < 1.29 is 13.2 Å². The number of rotatable bonds is 6. The molecule has 3 heterocycles. The van der Waals surface area contributed by atoms with Gasteiger partial charge in [-0.3, -0.25) is 0 Å². The molecule has 0 amide bonds. The Morgan fingerprint density at radius 3 is 2.76 bits per heavy atom. The summed E-state index contributed by atoms with van der Waals surface area (Å²) in [6.45, 7) is 6.54. The Balaban J connectivity index is 1.52. The number of hydrogen-bond acceptors (Lipinski definition) is 6. The molecule has 2 atom stereocenters. The van der Waals surface area contributed by atoms with Gasteiger partial charge in [0.1, 0.15) is 11.6 Å². The summed E-state index contributed by atoms with van der Waals surface area (Å²) in [6.07, 6.45) is 8.28. The van der Waals surface area contributed by atoms with Crippen molar-refractivity contribution in [3.63, 3.8) is 0 Å². The molecule has 7 heteroatoms. The first kappa shape index (κ1) is 22.2. The van der Waals surface area contributed by atoms with E-state index in [4.69, 9.17) is 4.74 Å². The Morgan fingerprint density at radius 2 is 1.97 bits per heavy atom. The van der Waals surface area contributed by atoms with E-state index in [1.54, 1.807) is 19.1 Å². The molecule has 2 unspecified atom stereocenters. The van der Waals surface area contributed by atoms with E-state index >= 15 is 0 Å². The number of aryl methyl sites for hydroxylation is 1. The van der Waals surface area contributed by atoms with Crippen LogP contribution in [0.4, 0.5) is 5.82 Å². The molecule has 2 aromatic rings. The maximum absolute atomic E-state index is 12.5. The van der Waals surface area contributed by atoms with Crippen molar-refractivity contribution in [1.29, 1.82) is 0 Å². The number of hydrogen-bond donors (Lipinski definition) is 2. The lowest BCUT2D eigenvalue weighted by Crippen LogP contribution is -2.32. The number of piperidine rings is 1. The molecule has 0 saturated carbocycles. The van der Waals surface area contributed by atoms with Gasteiger partial charge in [0.25, 0.3) is 0 Å². The molecule has 6 nitrogen and oxygen atoms in total. The number of anilines is 1. The molecule has 0 radical (unpaired) electrons. The number of aromatic nitrogens is 1. The fourth-order valence-corrected chi connectivity index (χ4v) is 5.96. The Kier molecular flexibility index (Phi) is 6.01. The van der Waals surface area contributed by atoms with Gasteiger partial charge in [-0.25, -0.2) is 13.4 Å². The summed E-state index contributed by atoms with van der Waals surface area (Å²) < 4.78 is 31.4. The van der Waals surface area contributed by atoms with Crippen LogP contribution in [0.2, 0.25) is 0 Å². The summed E-state index contributed by atoms with van der Waals surface area (Å²) in [7, 11) is -3.28.